The Balaban J connectivity index is 1.93. The summed E-state index contributed by atoms with van der Waals surface area (Å²) in [6.45, 7) is 2.58. The van der Waals surface area contributed by atoms with Crippen LogP contribution in [0.1, 0.15) is 17.5 Å². The molecule has 2 rings (SSSR count). The van der Waals surface area contributed by atoms with Crippen molar-refractivity contribution in [3.8, 4) is 0 Å². The second kappa shape index (κ2) is 6.38. The van der Waals surface area contributed by atoms with Crippen LogP contribution in [-0.2, 0) is 6.42 Å². The molecule has 19 heavy (non-hydrogen) atoms. The van der Waals surface area contributed by atoms with Crippen LogP contribution < -0.4 is 5.32 Å². The van der Waals surface area contributed by atoms with Crippen LogP contribution in [0.25, 0.3) is 5.57 Å². The van der Waals surface area contributed by atoms with E-state index in [9.17, 15) is 4.79 Å². The van der Waals surface area contributed by atoms with E-state index < -0.39 is 6.09 Å². The van der Waals surface area contributed by atoms with E-state index in [1.54, 1.807) is 0 Å². The van der Waals surface area contributed by atoms with Crippen LogP contribution in [0.15, 0.2) is 30.3 Å². The predicted octanol–water partition coefficient (Wildman–Crippen LogP) is 2.22. The zero-order valence-electron chi connectivity index (χ0n) is 11.2. The van der Waals surface area contributed by atoms with Crippen molar-refractivity contribution in [2.45, 2.75) is 12.8 Å². The molecule has 0 saturated carbocycles. The molecule has 0 fully saturated rings. The Morgan fingerprint density at radius 2 is 2.11 bits per heavy atom. The van der Waals surface area contributed by atoms with Crippen molar-refractivity contribution in [2.75, 3.05) is 26.7 Å². The number of hydrogen-bond donors (Lipinski definition) is 2. The summed E-state index contributed by atoms with van der Waals surface area (Å²) in [5, 5.41) is 10.9. The van der Waals surface area contributed by atoms with Gasteiger partial charge in [-0.1, -0.05) is 30.3 Å². The molecular formula is C15H20N2O2. The lowest BCUT2D eigenvalue weighted by Crippen LogP contribution is -2.23. The highest BCUT2D eigenvalue weighted by atomic mass is 16.4. The van der Waals surface area contributed by atoms with Gasteiger partial charge in [0.25, 0.3) is 0 Å². The molecule has 0 saturated heterocycles. The Kier molecular flexibility index (Phi) is 4.58. The van der Waals surface area contributed by atoms with Crippen LogP contribution >= 0.6 is 0 Å². The molecule has 0 aromatic heterocycles. The van der Waals surface area contributed by atoms with Gasteiger partial charge >= 0.3 is 6.09 Å². The summed E-state index contributed by atoms with van der Waals surface area (Å²) < 4.78 is 0. The van der Waals surface area contributed by atoms with E-state index in [2.05, 4.69) is 47.6 Å². The SMILES string of the molecule is CN1CC=C(c2ccc(CCNC(=O)O)cc2)CC1. The number of nitrogens with zero attached hydrogens (tertiary/aromatic N) is 1. The summed E-state index contributed by atoms with van der Waals surface area (Å²) in [5.74, 6) is 0. The van der Waals surface area contributed by atoms with Crippen molar-refractivity contribution in [3.63, 3.8) is 0 Å². The van der Waals surface area contributed by atoms with Crippen molar-refractivity contribution in [3.05, 3.63) is 41.5 Å². The van der Waals surface area contributed by atoms with Crippen molar-refractivity contribution in [1.29, 1.82) is 0 Å². The van der Waals surface area contributed by atoms with Crippen LogP contribution in [0.5, 0.6) is 0 Å². The van der Waals surface area contributed by atoms with Gasteiger partial charge in [-0.2, -0.15) is 0 Å². The lowest BCUT2D eigenvalue weighted by atomic mass is 9.98. The lowest BCUT2D eigenvalue weighted by molar-refractivity contribution is 0.194. The molecule has 1 aliphatic rings. The lowest BCUT2D eigenvalue weighted by Gasteiger charge is -2.22. The molecule has 1 aromatic carbocycles. The van der Waals surface area contributed by atoms with Gasteiger partial charge in [0.2, 0.25) is 0 Å². The van der Waals surface area contributed by atoms with Gasteiger partial charge in [-0.05, 0) is 36.6 Å². The number of hydrogen-bond acceptors (Lipinski definition) is 2. The highest BCUT2D eigenvalue weighted by Crippen LogP contribution is 2.22. The molecule has 1 amide bonds. The molecule has 0 atom stereocenters. The third-order valence-electron chi connectivity index (χ3n) is 3.43. The minimum atomic E-state index is -0.965. The number of carbonyl (C=O) groups is 1. The second-order valence-electron chi connectivity index (χ2n) is 4.92. The van der Waals surface area contributed by atoms with E-state index in [-0.39, 0.29) is 0 Å². The summed E-state index contributed by atoms with van der Waals surface area (Å²) in [4.78, 5) is 12.7. The molecule has 4 heteroatoms. The third kappa shape index (κ3) is 4.10. The molecule has 2 N–H and O–H groups in total. The average molecular weight is 260 g/mol. The number of likely N-dealkylation sites (N-methyl/N-ethyl adjacent to an activating group) is 1. The van der Waals surface area contributed by atoms with E-state index >= 15 is 0 Å². The van der Waals surface area contributed by atoms with E-state index in [1.165, 1.54) is 11.1 Å². The zero-order chi connectivity index (χ0) is 13.7. The van der Waals surface area contributed by atoms with Gasteiger partial charge in [-0.15, -0.1) is 0 Å². The van der Waals surface area contributed by atoms with Crippen molar-refractivity contribution < 1.29 is 9.90 Å². The third-order valence-corrected chi connectivity index (χ3v) is 3.43. The first-order valence-electron chi connectivity index (χ1n) is 6.59. The Bertz CT molecular complexity index is 466. The van der Waals surface area contributed by atoms with E-state index in [4.69, 9.17) is 5.11 Å². The van der Waals surface area contributed by atoms with Gasteiger partial charge in [0.05, 0.1) is 0 Å². The van der Waals surface area contributed by atoms with Gasteiger partial charge in [0, 0.05) is 19.6 Å². The van der Waals surface area contributed by atoms with E-state index in [1.807, 2.05) is 0 Å². The van der Waals surface area contributed by atoms with Gasteiger partial charge in [-0.25, -0.2) is 4.79 Å². The van der Waals surface area contributed by atoms with Gasteiger partial charge in [0.15, 0.2) is 0 Å². The standard InChI is InChI=1S/C15H20N2O2/c1-17-10-7-14(8-11-17)13-4-2-12(3-5-13)6-9-16-15(18)19/h2-5,7,16H,6,8-11H2,1H3,(H,18,19). The molecule has 0 bridgehead atoms. The summed E-state index contributed by atoms with van der Waals surface area (Å²) in [5.41, 5.74) is 3.85. The molecule has 4 nitrogen and oxygen atoms in total. The van der Waals surface area contributed by atoms with Crippen LogP contribution in [-0.4, -0.2) is 42.8 Å². The fraction of sp³-hybridized carbons (Fsp3) is 0.400. The van der Waals surface area contributed by atoms with Crippen LogP contribution in [0.4, 0.5) is 4.79 Å². The first-order chi connectivity index (χ1) is 9.15. The number of carboxylic acid groups (broad SMARTS) is 1. The molecule has 1 aliphatic heterocycles. The van der Waals surface area contributed by atoms with Crippen molar-refractivity contribution in [2.24, 2.45) is 0 Å². The fourth-order valence-corrected chi connectivity index (χ4v) is 2.23. The summed E-state index contributed by atoms with van der Waals surface area (Å²) in [6, 6.07) is 8.43. The van der Waals surface area contributed by atoms with Gasteiger partial charge < -0.3 is 15.3 Å². The maximum absolute atomic E-state index is 10.4. The summed E-state index contributed by atoms with van der Waals surface area (Å²) in [6.07, 6.45) is 3.14. The maximum Gasteiger partial charge on any atom is 0.404 e. The Morgan fingerprint density at radius 1 is 1.37 bits per heavy atom. The normalized spacial score (nSPS) is 15.9. The minimum absolute atomic E-state index is 0.460. The molecule has 0 spiro atoms. The quantitative estimate of drug-likeness (QED) is 0.872. The number of rotatable bonds is 4. The minimum Gasteiger partial charge on any atom is -0.465 e. The Labute approximate surface area is 113 Å². The molecular weight excluding hydrogens is 240 g/mol. The van der Waals surface area contributed by atoms with Crippen molar-refractivity contribution in [1.82, 2.24) is 10.2 Å². The monoisotopic (exact) mass is 260 g/mol. The molecule has 1 aromatic rings. The average Bonchev–Trinajstić information content (AvgIpc) is 2.40. The number of nitrogens with one attached hydrogen (secondary N) is 1. The second-order valence-corrected chi connectivity index (χ2v) is 4.92. The number of amides is 1. The van der Waals surface area contributed by atoms with Crippen LogP contribution in [0.3, 0.4) is 0 Å². The van der Waals surface area contributed by atoms with E-state index in [0.717, 1.165) is 31.5 Å². The fourth-order valence-electron chi connectivity index (χ4n) is 2.23. The van der Waals surface area contributed by atoms with Gasteiger partial charge in [0.1, 0.15) is 0 Å². The topological polar surface area (TPSA) is 52.6 Å². The van der Waals surface area contributed by atoms with Crippen LogP contribution in [0.2, 0.25) is 0 Å². The summed E-state index contributed by atoms with van der Waals surface area (Å²) >= 11 is 0. The largest absolute Gasteiger partial charge is 0.465 e. The smallest absolute Gasteiger partial charge is 0.404 e. The molecule has 0 radical (unpaired) electrons. The van der Waals surface area contributed by atoms with E-state index in [0.29, 0.717) is 6.54 Å². The molecule has 1 heterocycles. The first-order valence-corrected chi connectivity index (χ1v) is 6.59. The number of benzene rings is 1. The van der Waals surface area contributed by atoms with Crippen molar-refractivity contribution >= 4 is 11.7 Å². The van der Waals surface area contributed by atoms with Gasteiger partial charge in [-0.3, -0.25) is 0 Å². The zero-order valence-corrected chi connectivity index (χ0v) is 11.2. The maximum atomic E-state index is 10.4. The molecule has 0 unspecified atom stereocenters. The molecule has 0 aliphatic carbocycles. The molecule has 102 valence electrons. The Morgan fingerprint density at radius 3 is 2.68 bits per heavy atom. The van der Waals surface area contributed by atoms with Crippen LogP contribution in [0, 0.1) is 0 Å². The Hall–Kier alpha value is -1.81. The highest BCUT2D eigenvalue weighted by Gasteiger charge is 2.09. The first kappa shape index (κ1) is 13.6. The highest BCUT2D eigenvalue weighted by molar-refractivity contribution is 5.67. The predicted molar refractivity (Wildman–Crippen MR) is 76.3 cm³/mol. The summed E-state index contributed by atoms with van der Waals surface area (Å²) in [7, 11) is 2.13.